The minimum atomic E-state index is 0.0515. The Balaban J connectivity index is 1.65. The highest BCUT2D eigenvalue weighted by Gasteiger charge is 2.27. The molecule has 0 aliphatic carbocycles. The third-order valence-electron chi connectivity index (χ3n) is 4.95. The normalized spacial score (nSPS) is 15.3. The van der Waals surface area contributed by atoms with E-state index >= 15 is 0 Å². The van der Waals surface area contributed by atoms with Crippen LogP contribution in [0.1, 0.15) is 56.0 Å². The number of rotatable bonds is 9. The third kappa shape index (κ3) is 6.04. The summed E-state index contributed by atoms with van der Waals surface area (Å²) in [6, 6.07) is 0. The van der Waals surface area contributed by atoms with Crippen molar-refractivity contribution in [3.8, 4) is 0 Å². The van der Waals surface area contributed by atoms with Gasteiger partial charge in [-0.15, -0.1) is 11.8 Å². The van der Waals surface area contributed by atoms with Crippen LogP contribution in [0.25, 0.3) is 0 Å². The van der Waals surface area contributed by atoms with Gasteiger partial charge in [0.1, 0.15) is 5.76 Å². The first kappa shape index (κ1) is 20.8. The van der Waals surface area contributed by atoms with Gasteiger partial charge in [0.2, 0.25) is 11.8 Å². The Morgan fingerprint density at radius 2 is 2.00 bits per heavy atom. The van der Waals surface area contributed by atoms with Crippen molar-refractivity contribution in [2.24, 2.45) is 5.92 Å². The molecule has 1 aliphatic rings. The maximum atomic E-state index is 12.4. The second-order valence-corrected chi connectivity index (χ2v) is 7.93. The fraction of sp³-hybridized carbons (Fsp3) is 0.737. The fourth-order valence-corrected chi connectivity index (χ4v) is 4.24. The highest BCUT2D eigenvalue weighted by Crippen LogP contribution is 2.22. The zero-order valence-corrected chi connectivity index (χ0v) is 17.0. The fourth-order valence-electron chi connectivity index (χ4n) is 3.16. The van der Waals surface area contributed by atoms with E-state index in [1.807, 2.05) is 18.7 Å². The van der Waals surface area contributed by atoms with Crippen molar-refractivity contribution in [2.75, 3.05) is 25.4 Å². The van der Waals surface area contributed by atoms with E-state index in [1.165, 1.54) is 0 Å². The van der Waals surface area contributed by atoms with Crippen LogP contribution < -0.4 is 5.32 Å². The van der Waals surface area contributed by atoms with Crippen LogP contribution in [0, 0.1) is 19.8 Å². The summed E-state index contributed by atoms with van der Waals surface area (Å²) in [6.07, 6.45) is 4.88. The van der Waals surface area contributed by atoms with E-state index in [1.54, 1.807) is 11.8 Å². The number of likely N-dealkylation sites (tertiary alicyclic amines) is 1. The molecule has 1 aromatic heterocycles. The van der Waals surface area contributed by atoms with Gasteiger partial charge in [0, 0.05) is 36.9 Å². The molecule has 0 saturated carbocycles. The number of aromatic nitrogens is 1. The first-order valence-electron chi connectivity index (χ1n) is 9.57. The highest BCUT2D eigenvalue weighted by molar-refractivity contribution is 7.99. The predicted octanol–water partition coefficient (Wildman–Crippen LogP) is 3.07. The van der Waals surface area contributed by atoms with Crippen molar-refractivity contribution in [3.63, 3.8) is 0 Å². The van der Waals surface area contributed by atoms with Crippen molar-refractivity contribution in [3.05, 3.63) is 17.0 Å². The van der Waals surface area contributed by atoms with Gasteiger partial charge in [-0.2, -0.15) is 0 Å². The van der Waals surface area contributed by atoms with Crippen molar-refractivity contribution in [2.45, 2.75) is 58.6 Å². The summed E-state index contributed by atoms with van der Waals surface area (Å²) >= 11 is 1.59. The molecule has 1 N–H and O–H groups in total. The maximum absolute atomic E-state index is 12.4. The summed E-state index contributed by atoms with van der Waals surface area (Å²) in [5.41, 5.74) is 1.98. The quantitative estimate of drug-likeness (QED) is 0.665. The van der Waals surface area contributed by atoms with E-state index < -0.39 is 0 Å². The lowest BCUT2D eigenvalue weighted by molar-refractivity contribution is -0.133. The molecule has 0 aromatic carbocycles. The van der Waals surface area contributed by atoms with E-state index in [2.05, 4.69) is 17.4 Å². The van der Waals surface area contributed by atoms with E-state index in [4.69, 9.17) is 4.52 Å². The van der Waals surface area contributed by atoms with Crippen LogP contribution in [0.3, 0.4) is 0 Å². The van der Waals surface area contributed by atoms with E-state index in [9.17, 15) is 9.59 Å². The lowest BCUT2D eigenvalue weighted by Gasteiger charge is -2.31. The first-order chi connectivity index (χ1) is 12.5. The molecule has 26 heavy (non-hydrogen) atoms. The van der Waals surface area contributed by atoms with Gasteiger partial charge in [0.15, 0.2) is 0 Å². The number of thioether (sulfide) groups is 1. The molecule has 0 radical (unpaired) electrons. The molecule has 1 aliphatic heterocycles. The Morgan fingerprint density at radius 1 is 1.27 bits per heavy atom. The number of carbonyl (C=O) groups excluding carboxylic acids is 2. The molecule has 2 amide bonds. The number of hydrogen-bond acceptors (Lipinski definition) is 5. The Kier molecular flexibility index (Phi) is 8.48. The van der Waals surface area contributed by atoms with Gasteiger partial charge in [0.05, 0.1) is 11.4 Å². The average Bonchev–Trinajstić information content (AvgIpc) is 2.97. The van der Waals surface area contributed by atoms with Crippen LogP contribution in [0.15, 0.2) is 4.52 Å². The van der Waals surface area contributed by atoms with Crippen LogP contribution >= 0.6 is 11.8 Å². The monoisotopic (exact) mass is 381 g/mol. The summed E-state index contributed by atoms with van der Waals surface area (Å²) in [7, 11) is 0. The molecule has 2 heterocycles. The average molecular weight is 382 g/mol. The van der Waals surface area contributed by atoms with Gasteiger partial charge in [-0.1, -0.05) is 24.9 Å². The predicted molar refractivity (Wildman–Crippen MR) is 104 cm³/mol. The SMILES string of the molecule is CCCCCNC(=O)C1CCN(C(=O)CSCc2c(C)noc2C)CC1. The van der Waals surface area contributed by atoms with Gasteiger partial charge < -0.3 is 14.7 Å². The molecule has 0 unspecified atom stereocenters. The molecular formula is C19H31N3O3S. The van der Waals surface area contributed by atoms with Gasteiger partial charge in [-0.05, 0) is 33.1 Å². The summed E-state index contributed by atoms with van der Waals surface area (Å²) in [5, 5.41) is 6.97. The number of unbranched alkanes of at least 4 members (excludes halogenated alkanes) is 2. The van der Waals surface area contributed by atoms with Crippen molar-refractivity contribution < 1.29 is 14.1 Å². The van der Waals surface area contributed by atoms with Crippen molar-refractivity contribution >= 4 is 23.6 Å². The zero-order chi connectivity index (χ0) is 18.9. The van der Waals surface area contributed by atoms with Crippen molar-refractivity contribution in [1.29, 1.82) is 0 Å². The Labute approximate surface area is 160 Å². The lowest BCUT2D eigenvalue weighted by Crippen LogP contribution is -2.43. The molecule has 0 bridgehead atoms. The van der Waals surface area contributed by atoms with Gasteiger partial charge in [-0.25, -0.2) is 0 Å². The Hall–Kier alpha value is -1.50. The molecule has 0 spiro atoms. The highest BCUT2D eigenvalue weighted by atomic mass is 32.2. The molecule has 0 atom stereocenters. The first-order valence-corrected chi connectivity index (χ1v) is 10.7. The smallest absolute Gasteiger partial charge is 0.232 e. The number of hydrogen-bond donors (Lipinski definition) is 1. The summed E-state index contributed by atoms with van der Waals surface area (Å²) in [5.74, 6) is 2.38. The maximum Gasteiger partial charge on any atom is 0.232 e. The topological polar surface area (TPSA) is 75.4 Å². The van der Waals surface area contributed by atoms with E-state index in [0.717, 1.165) is 61.4 Å². The number of nitrogens with zero attached hydrogens (tertiary/aromatic N) is 2. The summed E-state index contributed by atoms with van der Waals surface area (Å²) in [4.78, 5) is 26.4. The van der Waals surface area contributed by atoms with Crippen LogP contribution in [-0.2, 0) is 15.3 Å². The summed E-state index contributed by atoms with van der Waals surface area (Å²) < 4.78 is 5.15. The zero-order valence-electron chi connectivity index (χ0n) is 16.2. The molecule has 146 valence electrons. The number of amides is 2. The molecule has 1 saturated heterocycles. The van der Waals surface area contributed by atoms with E-state index in [-0.39, 0.29) is 17.7 Å². The van der Waals surface area contributed by atoms with Gasteiger partial charge in [-0.3, -0.25) is 9.59 Å². The molecule has 1 fully saturated rings. The molecule has 2 rings (SSSR count). The number of aryl methyl sites for hydroxylation is 2. The Morgan fingerprint density at radius 3 is 2.62 bits per heavy atom. The third-order valence-corrected chi connectivity index (χ3v) is 5.90. The van der Waals surface area contributed by atoms with E-state index in [0.29, 0.717) is 18.8 Å². The molecule has 6 nitrogen and oxygen atoms in total. The van der Waals surface area contributed by atoms with Gasteiger partial charge >= 0.3 is 0 Å². The molecular weight excluding hydrogens is 350 g/mol. The summed E-state index contributed by atoms with van der Waals surface area (Å²) in [6.45, 7) is 8.10. The van der Waals surface area contributed by atoms with Crippen LogP contribution in [0.2, 0.25) is 0 Å². The molecule has 7 heteroatoms. The Bertz CT molecular complexity index is 575. The molecule has 1 aromatic rings. The second-order valence-electron chi connectivity index (χ2n) is 6.95. The largest absolute Gasteiger partial charge is 0.361 e. The minimum Gasteiger partial charge on any atom is -0.361 e. The van der Waals surface area contributed by atoms with Crippen LogP contribution in [-0.4, -0.2) is 47.3 Å². The number of piperidine rings is 1. The van der Waals surface area contributed by atoms with Crippen LogP contribution in [0.4, 0.5) is 0 Å². The number of carbonyl (C=O) groups is 2. The van der Waals surface area contributed by atoms with Crippen LogP contribution in [0.5, 0.6) is 0 Å². The van der Waals surface area contributed by atoms with Gasteiger partial charge in [0.25, 0.3) is 0 Å². The minimum absolute atomic E-state index is 0.0515. The lowest BCUT2D eigenvalue weighted by atomic mass is 9.96. The van der Waals surface area contributed by atoms with Crippen molar-refractivity contribution in [1.82, 2.24) is 15.4 Å². The second kappa shape index (κ2) is 10.6. The number of nitrogens with one attached hydrogen (secondary N) is 1. The standard InChI is InChI=1S/C19H31N3O3S/c1-4-5-6-9-20-19(24)16-7-10-22(11-8-16)18(23)13-26-12-17-14(2)21-25-15(17)3/h16H,4-13H2,1-3H3,(H,20,24).